The normalized spacial score (nSPS) is 9.92. The van der Waals surface area contributed by atoms with Gasteiger partial charge in [-0.3, -0.25) is 0 Å². The van der Waals surface area contributed by atoms with E-state index in [2.05, 4.69) is 9.47 Å². The molecule has 0 atom stereocenters. The number of aliphatic carboxylic acids is 1. The zero-order valence-electron chi connectivity index (χ0n) is 8.58. The number of methoxy groups -OCH3 is 2. The predicted octanol–water partition coefficient (Wildman–Crippen LogP) is 0.675. The minimum atomic E-state index is -1.50. The molecular formula is C8H16O5. The highest BCUT2D eigenvalue weighted by Gasteiger charge is 2.32. The molecule has 0 radical (unpaired) electrons. The zero-order chi connectivity index (χ0) is 11.1. The maximum Gasteiger partial charge on any atom is 0.364 e. The predicted molar refractivity (Wildman–Crippen MR) is 46.4 cm³/mol. The molecule has 5 nitrogen and oxygen atoms in total. The van der Waals surface area contributed by atoms with Crippen molar-refractivity contribution in [2.75, 3.05) is 14.2 Å². The minimum Gasteiger partial charge on any atom is -0.477 e. The molecule has 0 aromatic carbocycles. The molecule has 0 bridgehead atoms. The highest BCUT2D eigenvalue weighted by Crippen LogP contribution is 2.08. The number of hydrogen-bond donors (Lipinski definition) is 1. The molecule has 0 fully saturated rings. The number of carbonyl (C=O) groups excluding carboxylic acids is 1. The largest absolute Gasteiger partial charge is 0.477 e. The Bertz CT molecular complexity index is 167. The van der Waals surface area contributed by atoms with Gasteiger partial charge in [0.25, 0.3) is 5.79 Å². The standard InChI is InChI=1S/C5H10O4.C3H6O/c1-5(8-2,9-3)4(6)7;1-3(2)4/h1-3H3,(H,6,7);1-2H3. The summed E-state index contributed by atoms with van der Waals surface area (Å²) in [6.45, 7) is 4.38. The Morgan fingerprint density at radius 1 is 1.15 bits per heavy atom. The van der Waals surface area contributed by atoms with Crippen LogP contribution < -0.4 is 0 Å². The van der Waals surface area contributed by atoms with Crippen LogP contribution in [-0.2, 0) is 19.1 Å². The highest BCUT2D eigenvalue weighted by atomic mass is 16.7. The average molecular weight is 192 g/mol. The zero-order valence-corrected chi connectivity index (χ0v) is 8.58. The van der Waals surface area contributed by atoms with Crippen LogP contribution in [0.4, 0.5) is 0 Å². The van der Waals surface area contributed by atoms with E-state index in [-0.39, 0.29) is 5.78 Å². The summed E-state index contributed by atoms with van der Waals surface area (Å²) in [5, 5.41) is 8.38. The fraction of sp³-hybridized carbons (Fsp3) is 0.750. The molecule has 13 heavy (non-hydrogen) atoms. The van der Waals surface area contributed by atoms with Crippen molar-refractivity contribution in [3.8, 4) is 0 Å². The first kappa shape index (κ1) is 14.6. The molecule has 0 unspecified atom stereocenters. The number of hydrogen-bond acceptors (Lipinski definition) is 4. The maximum atomic E-state index is 10.2. The molecule has 0 saturated carbocycles. The summed E-state index contributed by atoms with van der Waals surface area (Å²) in [5.74, 6) is -2.47. The van der Waals surface area contributed by atoms with E-state index in [4.69, 9.17) is 5.11 Å². The quantitative estimate of drug-likeness (QED) is 0.665. The van der Waals surface area contributed by atoms with Crippen molar-refractivity contribution in [2.45, 2.75) is 26.6 Å². The molecule has 0 heterocycles. The van der Waals surface area contributed by atoms with E-state index in [0.29, 0.717) is 0 Å². The first-order valence-electron chi connectivity index (χ1n) is 3.61. The van der Waals surface area contributed by atoms with Gasteiger partial charge in [-0.15, -0.1) is 0 Å². The fourth-order valence-electron chi connectivity index (χ4n) is 0.258. The Labute approximate surface area is 77.6 Å². The molecule has 0 spiro atoms. The van der Waals surface area contributed by atoms with Crippen molar-refractivity contribution >= 4 is 11.8 Å². The van der Waals surface area contributed by atoms with Gasteiger partial charge in [-0.25, -0.2) is 4.79 Å². The van der Waals surface area contributed by atoms with Crippen LogP contribution in [0.2, 0.25) is 0 Å². The molecule has 78 valence electrons. The minimum absolute atomic E-state index is 0.167. The molecule has 0 amide bonds. The third-order valence-electron chi connectivity index (χ3n) is 1.17. The molecule has 1 N–H and O–H groups in total. The van der Waals surface area contributed by atoms with Gasteiger partial charge < -0.3 is 19.4 Å². The molecular weight excluding hydrogens is 176 g/mol. The smallest absolute Gasteiger partial charge is 0.364 e. The Morgan fingerprint density at radius 3 is 1.38 bits per heavy atom. The van der Waals surface area contributed by atoms with Crippen LogP contribution in [0.5, 0.6) is 0 Å². The highest BCUT2D eigenvalue weighted by molar-refractivity contribution is 5.75. The Balaban J connectivity index is 0. The number of carboxylic acid groups (broad SMARTS) is 1. The molecule has 0 aromatic heterocycles. The SMILES string of the molecule is CC(C)=O.COC(C)(OC)C(=O)O. The second-order valence-electron chi connectivity index (χ2n) is 2.57. The molecule has 5 heteroatoms. The Hall–Kier alpha value is -0.940. The van der Waals surface area contributed by atoms with Crippen molar-refractivity contribution in [1.29, 1.82) is 0 Å². The lowest BCUT2D eigenvalue weighted by Gasteiger charge is -2.19. The van der Waals surface area contributed by atoms with E-state index in [0.717, 1.165) is 0 Å². The molecule has 0 aromatic rings. The topological polar surface area (TPSA) is 72.8 Å². The molecule has 0 rings (SSSR count). The first-order valence-corrected chi connectivity index (χ1v) is 3.61. The summed E-state index contributed by atoms with van der Waals surface area (Å²) >= 11 is 0. The summed E-state index contributed by atoms with van der Waals surface area (Å²) in [6, 6.07) is 0. The van der Waals surface area contributed by atoms with Crippen LogP contribution in [0.1, 0.15) is 20.8 Å². The summed E-state index contributed by atoms with van der Waals surface area (Å²) in [5.41, 5.74) is 0. The lowest BCUT2D eigenvalue weighted by atomic mass is 10.3. The van der Waals surface area contributed by atoms with Gasteiger partial charge in [-0.2, -0.15) is 0 Å². The van der Waals surface area contributed by atoms with Gasteiger partial charge >= 0.3 is 5.97 Å². The van der Waals surface area contributed by atoms with E-state index < -0.39 is 11.8 Å². The van der Waals surface area contributed by atoms with Gasteiger partial charge in [0.2, 0.25) is 0 Å². The van der Waals surface area contributed by atoms with Crippen LogP contribution in [0.15, 0.2) is 0 Å². The lowest BCUT2D eigenvalue weighted by molar-refractivity contribution is -0.217. The molecule has 0 saturated heterocycles. The molecule has 0 aliphatic carbocycles. The number of carboxylic acids is 1. The third-order valence-corrected chi connectivity index (χ3v) is 1.17. The van der Waals surface area contributed by atoms with Crippen molar-refractivity contribution < 1.29 is 24.2 Å². The molecule has 0 aliphatic rings. The lowest BCUT2D eigenvalue weighted by Crippen LogP contribution is -2.39. The van der Waals surface area contributed by atoms with Gasteiger partial charge in [-0.1, -0.05) is 0 Å². The summed E-state index contributed by atoms with van der Waals surface area (Å²) < 4.78 is 9.05. The fourth-order valence-corrected chi connectivity index (χ4v) is 0.258. The van der Waals surface area contributed by atoms with Gasteiger partial charge in [0.15, 0.2) is 0 Å². The van der Waals surface area contributed by atoms with Gasteiger partial charge in [0.05, 0.1) is 0 Å². The summed E-state index contributed by atoms with van der Waals surface area (Å²) in [6.07, 6.45) is 0. The number of ether oxygens (including phenoxy) is 2. The molecule has 0 aliphatic heterocycles. The first-order chi connectivity index (χ1) is 5.80. The van der Waals surface area contributed by atoms with Crippen LogP contribution in [0, 0.1) is 0 Å². The van der Waals surface area contributed by atoms with Crippen molar-refractivity contribution in [2.24, 2.45) is 0 Å². The second kappa shape index (κ2) is 6.56. The van der Waals surface area contributed by atoms with Crippen molar-refractivity contribution in [1.82, 2.24) is 0 Å². The summed E-state index contributed by atoms with van der Waals surface area (Å²) in [7, 11) is 2.55. The van der Waals surface area contributed by atoms with Gasteiger partial charge in [0.1, 0.15) is 5.78 Å². The number of ketones is 1. The number of carbonyl (C=O) groups is 2. The summed E-state index contributed by atoms with van der Waals surface area (Å²) in [4.78, 5) is 19.7. The third kappa shape index (κ3) is 7.42. The van der Waals surface area contributed by atoms with Crippen LogP contribution in [0.3, 0.4) is 0 Å². The Morgan fingerprint density at radius 2 is 1.38 bits per heavy atom. The van der Waals surface area contributed by atoms with Crippen LogP contribution in [-0.4, -0.2) is 36.9 Å². The average Bonchev–Trinajstić information content (AvgIpc) is 2.01. The number of Topliss-reactive ketones (excluding diaryl/α,β-unsaturated/α-hetero) is 1. The van der Waals surface area contributed by atoms with E-state index >= 15 is 0 Å². The van der Waals surface area contributed by atoms with Gasteiger partial charge in [-0.05, 0) is 13.8 Å². The monoisotopic (exact) mass is 192 g/mol. The van der Waals surface area contributed by atoms with E-state index in [9.17, 15) is 9.59 Å². The maximum absolute atomic E-state index is 10.2. The second-order valence-corrected chi connectivity index (χ2v) is 2.57. The number of rotatable bonds is 3. The Kier molecular flexibility index (Phi) is 7.36. The van der Waals surface area contributed by atoms with Crippen molar-refractivity contribution in [3.05, 3.63) is 0 Å². The van der Waals surface area contributed by atoms with Crippen molar-refractivity contribution in [3.63, 3.8) is 0 Å². The van der Waals surface area contributed by atoms with Crippen LogP contribution >= 0.6 is 0 Å². The van der Waals surface area contributed by atoms with Crippen LogP contribution in [0.25, 0.3) is 0 Å². The van der Waals surface area contributed by atoms with E-state index in [1.165, 1.54) is 35.0 Å². The van der Waals surface area contributed by atoms with E-state index in [1.54, 1.807) is 0 Å². The van der Waals surface area contributed by atoms with Gasteiger partial charge in [0, 0.05) is 21.1 Å². The van der Waals surface area contributed by atoms with E-state index in [1.807, 2.05) is 0 Å².